The van der Waals surface area contributed by atoms with Gasteiger partial charge < -0.3 is 34.3 Å². The van der Waals surface area contributed by atoms with Gasteiger partial charge in [0.05, 0.1) is 26.4 Å². The van der Waals surface area contributed by atoms with E-state index in [1.807, 2.05) is 0 Å². The zero-order valence-corrected chi connectivity index (χ0v) is 17.2. The quantitative estimate of drug-likeness (QED) is 0.566. The Hall–Kier alpha value is -3.59. The molecule has 0 fully saturated rings. The molecule has 4 rings (SSSR count). The maximum atomic E-state index is 6.33. The molecule has 3 aromatic rings. The van der Waals surface area contributed by atoms with Crippen molar-refractivity contribution in [3.05, 3.63) is 41.6 Å². The first kappa shape index (κ1) is 19.7. The second kappa shape index (κ2) is 8.42. The van der Waals surface area contributed by atoms with Crippen LogP contribution in [-0.2, 0) is 0 Å². The molecule has 9 nitrogen and oxygen atoms in total. The number of methoxy groups -OCH3 is 3. The number of fused-ring (bicyclic) bond motifs is 1. The van der Waals surface area contributed by atoms with Crippen LogP contribution in [0.1, 0.15) is 0 Å². The molecule has 2 aromatic carbocycles. The number of hydrogen-bond donors (Lipinski definition) is 2. The first-order valence-electron chi connectivity index (χ1n) is 8.88. The summed E-state index contributed by atoms with van der Waals surface area (Å²) in [5.74, 6) is 3.55. The van der Waals surface area contributed by atoms with Crippen molar-refractivity contribution in [2.75, 3.05) is 38.8 Å². The predicted molar refractivity (Wildman–Crippen MR) is 112 cm³/mol. The Balaban J connectivity index is 1.60. The third-order valence-electron chi connectivity index (χ3n) is 4.32. The molecule has 10 heteroatoms. The van der Waals surface area contributed by atoms with Gasteiger partial charge in [-0.25, -0.2) is 4.98 Å². The number of benzene rings is 2. The summed E-state index contributed by atoms with van der Waals surface area (Å²) in [5.41, 5.74) is 1.24. The maximum Gasteiger partial charge on any atom is 0.231 e. The summed E-state index contributed by atoms with van der Waals surface area (Å²) in [4.78, 5) is 8.74. The minimum absolute atomic E-state index is 0.141. The van der Waals surface area contributed by atoms with Gasteiger partial charge in [-0.05, 0) is 18.2 Å². The van der Waals surface area contributed by atoms with Crippen molar-refractivity contribution in [1.29, 1.82) is 0 Å². The summed E-state index contributed by atoms with van der Waals surface area (Å²) in [6.07, 6.45) is 1.62. The SMILES string of the molecule is COc1cc(Nc2nccc(Nc3c(Cl)ccc4c3OCO4)n2)cc(OC)c1OC. The fourth-order valence-corrected chi connectivity index (χ4v) is 3.16. The van der Waals surface area contributed by atoms with E-state index in [1.54, 1.807) is 57.9 Å². The second-order valence-corrected chi connectivity index (χ2v) is 6.49. The van der Waals surface area contributed by atoms with E-state index >= 15 is 0 Å². The number of nitrogens with one attached hydrogen (secondary N) is 2. The van der Waals surface area contributed by atoms with E-state index in [1.165, 1.54) is 0 Å². The van der Waals surface area contributed by atoms with Crippen LogP contribution in [0.25, 0.3) is 0 Å². The molecule has 2 N–H and O–H groups in total. The van der Waals surface area contributed by atoms with Crippen molar-refractivity contribution in [1.82, 2.24) is 9.97 Å². The molecule has 156 valence electrons. The number of anilines is 4. The van der Waals surface area contributed by atoms with Gasteiger partial charge in [-0.3, -0.25) is 0 Å². The third-order valence-corrected chi connectivity index (χ3v) is 4.63. The Kier molecular flexibility index (Phi) is 5.53. The van der Waals surface area contributed by atoms with Crippen molar-refractivity contribution in [2.45, 2.75) is 0 Å². The molecular formula is C20H19ClN4O5. The number of hydrogen-bond acceptors (Lipinski definition) is 9. The van der Waals surface area contributed by atoms with Gasteiger partial charge in [0.1, 0.15) is 11.5 Å². The lowest BCUT2D eigenvalue weighted by Gasteiger charge is -2.15. The fraction of sp³-hybridized carbons (Fsp3) is 0.200. The highest BCUT2D eigenvalue weighted by Gasteiger charge is 2.21. The Bertz CT molecular complexity index is 1050. The smallest absolute Gasteiger partial charge is 0.231 e. The Morgan fingerprint density at radius 2 is 1.73 bits per heavy atom. The first-order chi connectivity index (χ1) is 14.6. The van der Waals surface area contributed by atoms with Crippen molar-refractivity contribution in [3.8, 4) is 28.7 Å². The minimum Gasteiger partial charge on any atom is -0.493 e. The van der Waals surface area contributed by atoms with E-state index in [9.17, 15) is 0 Å². The van der Waals surface area contributed by atoms with Gasteiger partial charge in [0, 0.05) is 24.0 Å². The standard InChI is InChI=1S/C20H19ClN4O5/c1-26-14-8-11(9-15(27-2)18(14)28-3)23-20-22-7-6-16(25-20)24-17-12(21)4-5-13-19(17)30-10-29-13/h4-9H,10H2,1-3H3,(H2,22,23,24,25). The molecule has 0 spiro atoms. The van der Waals surface area contributed by atoms with Crippen molar-refractivity contribution in [2.24, 2.45) is 0 Å². The summed E-state index contributed by atoms with van der Waals surface area (Å²) in [6, 6.07) is 8.72. The van der Waals surface area contributed by atoms with Crippen LogP contribution in [-0.4, -0.2) is 38.1 Å². The van der Waals surface area contributed by atoms with Gasteiger partial charge in [0.15, 0.2) is 23.0 Å². The molecule has 2 heterocycles. The zero-order valence-electron chi connectivity index (χ0n) is 16.5. The molecule has 1 aliphatic heterocycles. The minimum atomic E-state index is 0.141. The lowest BCUT2D eigenvalue weighted by Crippen LogP contribution is -2.02. The summed E-state index contributed by atoms with van der Waals surface area (Å²) in [5, 5.41) is 6.78. The van der Waals surface area contributed by atoms with Gasteiger partial charge in [-0.2, -0.15) is 4.98 Å². The topological polar surface area (TPSA) is 96.0 Å². The van der Waals surface area contributed by atoms with Crippen LogP contribution >= 0.6 is 11.6 Å². The van der Waals surface area contributed by atoms with Gasteiger partial charge in [-0.1, -0.05) is 11.6 Å². The molecule has 1 aliphatic rings. The molecule has 0 aliphatic carbocycles. The lowest BCUT2D eigenvalue weighted by atomic mass is 10.2. The number of nitrogens with zero attached hydrogens (tertiary/aromatic N) is 2. The van der Waals surface area contributed by atoms with Crippen molar-refractivity contribution in [3.63, 3.8) is 0 Å². The molecule has 1 aromatic heterocycles. The molecule has 30 heavy (non-hydrogen) atoms. The van der Waals surface area contributed by atoms with Crippen LogP contribution in [0.2, 0.25) is 5.02 Å². The van der Waals surface area contributed by atoms with Crippen LogP contribution in [0.3, 0.4) is 0 Å². The maximum absolute atomic E-state index is 6.33. The summed E-state index contributed by atoms with van der Waals surface area (Å²) in [7, 11) is 4.65. The number of halogens is 1. The van der Waals surface area contributed by atoms with Gasteiger partial charge >= 0.3 is 0 Å². The summed E-state index contributed by atoms with van der Waals surface area (Å²) in [6.45, 7) is 0.141. The Morgan fingerprint density at radius 1 is 0.967 bits per heavy atom. The molecule has 0 amide bonds. The van der Waals surface area contributed by atoms with E-state index < -0.39 is 0 Å². The molecule has 0 radical (unpaired) electrons. The molecule has 0 saturated carbocycles. The zero-order chi connectivity index (χ0) is 21.1. The van der Waals surface area contributed by atoms with E-state index in [0.29, 0.717) is 56.9 Å². The molecule has 0 unspecified atom stereocenters. The van der Waals surface area contributed by atoms with Crippen LogP contribution in [0.15, 0.2) is 36.5 Å². The Morgan fingerprint density at radius 3 is 2.43 bits per heavy atom. The van der Waals surface area contributed by atoms with Crippen LogP contribution in [0, 0.1) is 0 Å². The van der Waals surface area contributed by atoms with E-state index in [-0.39, 0.29) is 6.79 Å². The number of rotatable bonds is 7. The Labute approximate surface area is 177 Å². The van der Waals surface area contributed by atoms with Crippen LogP contribution in [0.5, 0.6) is 28.7 Å². The largest absolute Gasteiger partial charge is 0.493 e. The fourth-order valence-electron chi connectivity index (χ4n) is 2.96. The van der Waals surface area contributed by atoms with E-state index in [4.69, 9.17) is 35.3 Å². The second-order valence-electron chi connectivity index (χ2n) is 6.09. The monoisotopic (exact) mass is 430 g/mol. The van der Waals surface area contributed by atoms with Gasteiger partial charge in [0.25, 0.3) is 0 Å². The average molecular weight is 431 g/mol. The highest BCUT2D eigenvalue weighted by molar-refractivity contribution is 6.33. The van der Waals surface area contributed by atoms with Gasteiger partial charge in [-0.15, -0.1) is 0 Å². The van der Waals surface area contributed by atoms with E-state index in [2.05, 4.69) is 20.6 Å². The molecular weight excluding hydrogens is 412 g/mol. The summed E-state index contributed by atoms with van der Waals surface area (Å²) >= 11 is 6.33. The molecule has 0 saturated heterocycles. The first-order valence-corrected chi connectivity index (χ1v) is 9.26. The van der Waals surface area contributed by atoms with Crippen LogP contribution in [0.4, 0.5) is 23.1 Å². The average Bonchev–Trinajstić information content (AvgIpc) is 3.24. The van der Waals surface area contributed by atoms with Crippen LogP contribution < -0.4 is 34.3 Å². The highest BCUT2D eigenvalue weighted by atomic mass is 35.5. The number of aromatic nitrogens is 2. The normalized spacial score (nSPS) is 11.7. The summed E-state index contributed by atoms with van der Waals surface area (Å²) < 4.78 is 27.0. The predicted octanol–water partition coefficient (Wildman–Crippen LogP) is 4.37. The number of ether oxygens (including phenoxy) is 5. The third kappa shape index (κ3) is 3.79. The molecule has 0 atom stereocenters. The highest BCUT2D eigenvalue weighted by Crippen LogP contribution is 2.44. The van der Waals surface area contributed by atoms with Gasteiger partial charge in [0.2, 0.25) is 18.5 Å². The van der Waals surface area contributed by atoms with Crippen molar-refractivity contribution >= 4 is 34.7 Å². The van der Waals surface area contributed by atoms with Crippen molar-refractivity contribution < 1.29 is 23.7 Å². The molecule has 0 bridgehead atoms. The lowest BCUT2D eigenvalue weighted by molar-refractivity contribution is 0.174. The van der Waals surface area contributed by atoms with E-state index in [0.717, 1.165) is 0 Å².